The summed E-state index contributed by atoms with van der Waals surface area (Å²) in [6.07, 6.45) is -1.11. The van der Waals surface area contributed by atoms with Crippen molar-refractivity contribution in [3.63, 3.8) is 0 Å². The normalized spacial score (nSPS) is 29.5. The van der Waals surface area contributed by atoms with Crippen molar-refractivity contribution in [2.75, 3.05) is 27.6 Å². The lowest BCUT2D eigenvalue weighted by atomic mass is 10.3. The number of aliphatic hydroxyl groups excluding tert-OH is 2. The fraction of sp³-hybridized carbons (Fsp3) is 0.750. The number of amides is 4. The van der Waals surface area contributed by atoms with Gasteiger partial charge in [0.1, 0.15) is 13.5 Å². The second-order valence-corrected chi connectivity index (χ2v) is 3.84. The maximum absolute atomic E-state index is 11.7. The predicted molar refractivity (Wildman–Crippen MR) is 51.7 cm³/mol. The minimum atomic E-state index is -0.554. The molecule has 2 atom stereocenters. The van der Waals surface area contributed by atoms with Crippen molar-refractivity contribution in [1.29, 1.82) is 0 Å². The number of nitrogens with zero attached hydrogens (tertiary/aromatic N) is 4. The van der Waals surface area contributed by atoms with Crippen LogP contribution in [0, 0.1) is 0 Å². The van der Waals surface area contributed by atoms with E-state index >= 15 is 0 Å². The Morgan fingerprint density at radius 3 is 1.62 bits per heavy atom. The summed E-state index contributed by atoms with van der Waals surface area (Å²) in [4.78, 5) is 28.4. The van der Waals surface area contributed by atoms with Crippen molar-refractivity contribution >= 4 is 12.1 Å². The number of rotatable bonds is 2. The number of carbonyl (C=O) groups is 2. The average Bonchev–Trinajstić information content (AvgIpc) is 2.67. The van der Waals surface area contributed by atoms with Crippen molar-refractivity contribution in [2.45, 2.75) is 12.3 Å². The summed E-state index contributed by atoms with van der Waals surface area (Å²) in [5, 5.41) is 18.3. The van der Waals surface area contributed by atoms with E-state index in [1.807, 2.05) is 0 Å². The van der Waals surface area contributed by atoms with Gasteiger partial charge in [0.05, 0.1) is 0 Å². The number of fused-ring (bicyclic) bond motifs is 1. The molecule has 0 aromatic heterocycles. The van der Waals surface area contributed by atoms with E-state index in [1.165, 1.54) is 9.80 Å². The van der Waals surface area contributed by atoms with Gasteiger partial charge in [0.25, 0.3) is 0 Å². The summed E-state index contributed by atoms with van der Waals surface area (Å²) < 4.78 is 0. The van der Waals surface area contributed by atoms with E-state index in [2.05, 4.69) is 0 Å². The van der Waals surface area contributed by atoms with E-state index in [4.69, 9.17) is 10.2 Å². The SMILES string of the molecule is CN1C(=O)N(C)C2C1N(CO)C(=O)N2CO. The Labute approximate surface area is 92.2 Å². The maximum Gasteiger partial charge on any atom is 0.327 e. The molecule has 2 N–H and O–H groups in total. The molecular formula is C8H14N4O4. The summed E-state index contributed by atoms with van der Waals surface area (Å²) in [5.74, 6) is 0. The highest BCUT2D eigenvalue weighted by Gasteiger charge is 2.56. The monoisotopic (exact) mass is 230 g/mol. The van der Waals surface area contributed by atoms with Crippen LogP contribution in [-0.4, -0.2) is 81.8 Å². The van der Waals surface area contributed by atoms with Gasteiger partial charge in [-0.3, -0.25) is 9.80 Å². The lowest BCUT2D eigenvalue weighted by Crippen LogP contribution is -2.45. The van der Waals surface area contributed by atoms with Gasteiger partial charge in [-0.25, -0.2) is 9.59 Å². The van der Waals surface area contributed by atoms with E-state index < -0.39 is 31.8 Å². The fourth-order valence-corrected chi connectivity index (χ4v) is 2.29. The molecule has 8 heteroatoms. The van der Waals surface area contributed by atoms with Gasteiger partial charge >= 0.3 is 12.1 Å². The van der Waals surface area contributed by atoms with Gasteiger partial charge in [-0.1, -0.05) is 0 Å². The topological polar surface area (TPSA) is 87.6 Å². The average molecular weight is 230 g/mol. The van der Waals surface area contributed by atoms with E-state index in [9.17, 15) is 9.59 Å². The zero-order valence-corrected chi connectivity index (χ0v) is 9.07. The number of carbonyl (C=O) groups excluding carboxylic acids is 2. The third-order valence-electron chi connectivity index (χ3n) is 3.10. The highest BCUT2D eigenvalue weighted by molar-refractivity contribution is 5.84. The van der Waals surface area contributed by atoms with Gasteiger partial charge in [0.2, 0.25) is 0 Å². The number of urea groups is 2. The first kappa shape index (κ1) is 11.0. The van der Waals surface area contributed by atoms with Gasteiger partial charge in [0.15, 0.2) is 12.3 Å². The van der Waals surface area contributed by atoms with Crippen LogP contribution in [0.3, 0.4) is 0 Å². The van der Waals surface area contributed by atoms with Gasteiger partial charge in [-0.2, -0.15) is 0 Å². The van der Waals surface area contributed by atoms with Crippen LogP contribution in [0.4, 0.5) is 9.59 Å². The number of hydrogen-bond acceptors (Lipinski definition) is 4. The maximum atomic E-state index is 11.7. The van der Waals surface area contributed by atoms with Gasteiger partial charge in [0, 0.05) is 14.1 Å². The van der Waals surface area contributed by atoms with Crippen LogP contribution in [0.15, 0.2) is 0 Å². The van der Waals surface area contributed by atoms with Crippen molar-refractivity contribution in [3.8, 4) is 0 Å². The first-order valence-electron chi connectivity index (χ1n) is 4.83. The predicted octanol–water partition coefficient (Wildman–Crippen LogP) is -1.73. The van der Waals surface area contributed by atoms with Crippen molar-refractivity contribution in [1.82, 2.24) is 19.6 Å². The molecule has 0 aliphatic carbocycles. The minimum absolute atomic E-state index is 0.251. The Bertz CT molecular complexity index is 308. The minimum Gasteiger partial charge on any atom is -0.376 e. The van der Waals surface area contributed by atoms with Crippen molar-refractivity contribution in [2.24, 2.45) is 0 Å². The molecule has 2 fully saturated rings. The van der Waals surface area contributed by atoms with Crippen molar-refractivity contribution < 1.29 is 19.8 Å². The fourth-order valence-electron chi connectivity index (χ4n) is 2.29. The highest BCUT2D eigenvalue weighted by Crippen LogP contribution is 2.31. The quantitative estimate of drug-likeness (QED) is 0.590. The lowest BCUT2D eigenvalue weighted by molar-refractivity contribution is 0.0646. The Kier molecular flexibility index (Phi) is 2.39. The van der Waals surface area contributed by atoms with Crippen LogP contribution >= 0.6 is 0 Å². The number of aliphatic hydroxyl groups is 2. The molecule has 2 aliphatic heterocycles. The standard InChI is InChI=1S/C8H14N4O4/c1-9-5-6(10(2)7(9)15)12(4-14)8(16)11(5)3-13/h5-6,13-14H,3-4H2,1-2H3. The van der Waals surface area contributed by atoms with Crippen LogP contribution in [0.1, 0.15) is 0 Å². The smallest absolute Gasteiger partial charge is 0.327 e. The summed E-state index contributed by atoms with van der Waals surface area (Å²) in [5.41, 5.74) is 0. The second kappa shape index (κ2) is 3.49. The molecule has 4 amide bonds. The molecule has 2 unspecified atom stereocenters. The molecule has 2 heterocycles. The largest absolute Gasteiger partial charge is 0.376 e. The molecule has 0 spiro atoms. The molecule has 2 aliphatic rings. The Balaban J connectivity index is 2.38. The first-order valence-corrected chi connectivity index (χ1v) is 4.83. The summed E-state index contributed by atoms with van der Waals surface area (Å²) in [6, 6.07) is -0.731. The first-order chi connectivity index (χ1) is 7.54. The second-order valence-electron chi connectivity index (χ2n) is 3.84. The molecule has 2 rings (SSSR count). The van der Waals surface area contributed by atoms with Crippen LogP contribution in [0.2, 0.25) is 0 Å². The summed E-state index contributed by atoms with van der Waals surface area (Å²) in [7, 11) is 3.11. The van der Waals surface area contributed by atoms with Crippen LogP contribution in [0.5, 0.6) is 0 Å². The van der Waals surface area contributed by atoms with Crippen LogP contribution < -0.4 is 0 Å². The number of hydrogen-bond donors (Lipinski definition) is 2. The Morgan fingerprint density at radius 2 is 1.31 bits per heavy atom. The van der Waals surface area contributed by atoms with E-state index in [0.29, 0.717) is 0 Å². The molecule has 0 bridgehead atoms. The highest BCUT2D eigenvalue weighted by atomic mass is 16.3. The van der Waals surface area contributed by atoms with Crippen LogP contribution in [0.25, 0.3) is 0 Å². The van der Waals surface area contributed by atoms with Crippen LogP contribution in [-0.2, 0) is 0 Å². The zero-order chi connectivity index (χ0) is 12.0. The third kappa shape index (κ3) is 1.11. The van der Waals surface area contributed by atoms with Gasteiger partial charge in [-0.15, -0.1) is 0 Å². The molecule has 2 saturated heterocycles. The molecule has 0 aromatic rings. The Hall–Kier alpha value is -1.54. The lowest BCUT2D eigenvalue weighted by Gasteiger charge is -2.24. The van der Waals surface area contributed by atoms with E-state index in [0.717, 1.165) is 9.80 Å². The van der Waals surface area contributed by atoms with E-state index in [1.54, 1.807) is 14.1 Å². The molecule has 0 radical (unpaired) electrons. The number of likely N-dealkylation sites (N-methyl/N-ethyl adjacent to an activating group) is 2. The molecular weight excluding hydrogens is 216 g/mol. The molecule has 0 saturated carbocycles. The summed E-state index contributed by atoms with van der Waals surface area (Å²) in [6.45, 7) is -0.968. The molecule has 16 heavy (non-hydrogen) atoms. The van der Waals surface area contributed by atoms with Crippen molar-refractivity contribution in [3.05, 3.63) is 0 Å². The molecule has 90 valence electrons. The zero-order valence-electron chi connectivity index (χ0n) is 9.07. The third-order valence-corrected chi connectivity index (χ3v) is 3.10. The van der Waals surface area contributed by atoms with E-state index in [-0.39, 0.29) is 6.03 Å². The van der Waals surface area contributed by atoms with Gasteiger partial charge < -0.3 is 20.0 Å². The summed E-state index contributed by atoms with van der Waals surface area (Å²) >= 11 is 0. The molecule has 0 aromatic carbocycles. The van der Waals surface area contributed by atoms with Gasteiger partial charge in [-0.05, 0) is 0 Å². The Morgan fingerprint density at radius 1 is 0.938 bits per heavy atom. The molecule has 8 nitrogen and oxygen atoms in total.